The van der Waals surface area contributed by atoms with E-state index in [4.69, 9.17) is 0 Å². The molecule has 23 heavy (non-hydrogen) atoms. The van der Waals surface area contributed by atoms with E-state index in [0.29, 0.717) is 31.5 Å². The predicted octanol–water partition coefficient (Wildman–Crippen LogP) is 1.70. The van der Waals surface area contributed by atoms with Crippen LogP contribution in [0.5, 0.6) is 0 Å². The van der Waals surface area contributed by atoms with E-state index in [-0.39, 0.29) is 17.6 Å². The lowest BCUT2D eigenvalue weighted by atomic mass is 10.1. The van der Waals surface area contributed by atoms with Crippen molar-refractivity contribution in [2.45, 2.75) is 12.8 Å². The van der Waals surface area contributed by atoms with Crippen LogP contribution in [-0.4, -0.2) is 29.9 Å². The second-order valence-corrected chi connectivity index (χ2v) is 4.97. The first-order valence-corrected chi connectivity index (χ1v) is 7.34. The molecule has 0 aliphatic carbocycles. The lowest BCUT2D eigenvalue weighted by Gasteiger charge is -2.07. The van der Waals surface area contributed by atoms with Gasteiger partial charge in [-0.2, -0.15) is 0 Å². The van der Waals surface area contributed by atoms with Crippen molar-refractivity contribution >= 4 is 11.8 Å². The van der Waals surface area contributed by atoms with Crippen molar-refractivity contribution < 1.29 is 14.0 Å². The Bertz CT molecular complexity index is 645. The fourth-order valence-corrected chi connectivity index (χ4v) is 1.97. The molecule has 5 nitrogen and oxygen atoms in total. The van der Waals surface area contributed by atoms with E-state index in [1.165, 1.54) is 24.3 Å². The maximum absolute atomic E-state index is 12.8. The van der Waals surface area contributed by atoms with Crippen LogP contribution < -0.4 is 10.6 Å². The van der Waals surface area contributed by atoms with Gasteiger partial charge < -0.3 is 10.6 Å². The molecule has 0 saturated carbocycles. The van der Waals surface area contributed by atoms with Crippen LogP contribution in [-0.2, 0) is 11.2 Å². The summed E-state index contributed by atoms with van der Waals surface area (Å²) >= 11 is 0. The van der Waals surface area contributed by atoms with Crippen LogP contribution in [0.3, 0.4) is 0 Å². The molecule has 2 aromatic rings. The Morgan fingerprint density at radius 1 is 1.04 bits per heavy atom. The fraction of sp³-hybridized carbons (Fsp3) is 0.235. The highest BCUT2D eigenvalue weighted by molar-refractivity contribution is 5.94. The first kappa shape index (κ1) is 16.6. The topological polar surface area (TPSA) is 71.1 Å². The Morgan fingerprint density at radius 2 is 1.78 bits per heavy atom. The molecule has 1 heterocycles. The van der Waals surface area contributed by atoms with Crippen molar-refractivity contribution in [3.8, 4) is 0 Å². The van der Waals surface area contributed by atoms with Crippen LogP contribution in [0, 0.1) is 5.82 Å². The van der Waals surface area contributed by atoms with Gasteiger partial charge in [0, 0.05) is 37.5 Å². The van der Waals surface area contributed by atoms with Gasteiger partial charge in [0.05, 0.1) is 0 Å². The molecule has 2 amide bonds. The van der Waals surface area contributed by atoms with Crippen LogP contribution in [0.4, 0.5) is 4.39 Å². The molecule has 1 aromatic heterocycles. The number of rotatable bonds is 7. The zero-order valence-corrected chi connectivity index (χ0v) is 12.6. The number of aromatic nitrogens is 1. The summed E-state index contributed by atoms with van der Waals surface area (Å²) in [6.07, 6.45) is 4.42. The number of carbonyl (C=O) groups is 2. The van der Waals surface area contributed by atoms with Crippen LogP contribution in [0.2, 0.25) is 0 Å². The Hall–Kier alpha value is -2.76. The van der Waals surface area contributed by atoms with Gasteiger partial charge in [-0.05, 0) is 42.3 Å². The SMILES string of the molecule is O=C(CCc1cccnc1)NCCNC(=O)c1ccc(F)cc1. The lowest BCUT2D eigenvalue weighted by Crippen LogP contribution is -2.34. The summed E-state index contributed by atoms with van der Waals surface area (Å²) in [6, 6.07) is 9.04. The highest BCUT2D eigenvalue weighted by Gasteiger charge is 2.05. The molecular weight excluding hydrogens is 297 g/mol. The smallest absolute Gasteiger partial charge is 0.251 e. The Kier molecular flexibility index (Phi) is 6.23. The van der Waals surface area contributed by atoms with Gasteiger partial charge in [0.25, 0.3) is 5.91 Å². The summed E-state index contributed by atoms with van der Waals surface area (Å²) in [5.74, 6) is -0.762. The van der Waals surface area contributed by atoms with Gasteiger partial charge in [-0.15, -0.1) is 0 Å². The average molecular weight is 315 g/mol. The van der Waals surface area contributed by atoms with E-state index in [1.54, 1.807) is 12.4 Å². The number of amides is 2. The van der Waals surface area contributed by atoms with E-state index < -0.39 is 0 Å². The molecule has 0 atom stereocenters. The fourth-order valence-electron chi connectivity index (χ4n) is 1.97. The van der Waals surface area contributed by atoms with Crippen molar-refractivity contribution in [1.29, 1.82) is 0 Å². The van der Waals surface area contributed by atoms with E-state index in [1.807, 2.05) is 12.1 Å². The van der Waals surface area contributed by atoms with Gasteiger partial charge in [-0.25, -0.2) is 4.39 Å². The molecule has 0 saturated heterocycles. The third-order valence-electron chi connectivity index (χ3n) is 3.20. The summed E-state index contributed by atoms with van der Waals surface area (Å²) in [6.45, 7) is 0.660. The molecular formula is C17H18FN3O2. The molecule has 0 fully saturated rings. The summed E-state index contributed by atoms with van der Waals surface area (Å²) in [7, 11) is 0. The molecule has 0 spiro atoms. The summed E-state index contributed by atoms with van der Waals surface area (Å²) in [5, 5.41) is 5.40. The number of benzene rings is 1. The largest absolute Gasteiger partial charge is 0.354 e. The number of halogens is 1. The highest BCUT2D eigenvalue weighted by Crippen LogP contribution is 2.02. The van der Waals surface area contributed by atoms with Gasteiger partial charge in [0.15, 0.2) is 0 Å². The zero-order valence-electron chi connectivity index (χ0n) is 12.6. The van der Waals surface area contributed by atoms with Crippen molar-refractivity contribution in [3.05, 3.63) is 65.7 Å². The normalized spacial score (nSPS) is 10.1. The number of nitrogens with one attached hydrogen (secondary N) is 2. The van der Waals surface area contributed by atoms with Gasteiger partial charge in [-0.3, -0.25) is 14.6 Å². The Balaban J connectivity index is 1.62. The number of carbonyl (C=O) groups excluding carboxylic acids is 2. The van der Waals surface area contributed by atoms with Crippen molar-refractivity contribution in [2.24, 2.45) is 0 Å². The maximum atomic E-state index is 12.8. The standard InChI is InChI=1S/C17H18FN3O2/c18-15-6-4-14(5-7-15)17(23)21-11-10-20-16(22)8-3-13-2-1-9-19-12-13/h1-2,4-7,9,12H,3,8,10-11H2,(H,20,22)(H,21,23). The first-order chi connectivity index (χ1) is 11.1. The van der Waals surface area contributed by atoms with Crippen molar-refractivity contribution in [1.82, 2.24) is 15.6 Å². The van der Waals surface area contributed by atoms with Gasteiger partial charge >= 0.3 is 0 Å². The molecule has 0 aliphatic rings. The van der Waals surface area contributed by atoms with Gasteiger partial charge in [0.1, 0.15) is 5.82 Å². The number of aryl methyl sites for hydroxylation is 1. The molecule has 6 heteroatoms. The van der Waals surface area contributed by atoms with E-state index in [2.05, 4.69) is 15.6 Å². The minimum Gasteiger partial charge on any atom is -0.354 e. The number of hydrogen-bond acceptors (Lipinski definition) is 3. The van der Waals surface area contributed by atoms with Gasteiger partial charge in [0.2, 0.25) is 5.91 Å². The second-order valence-electron chi connectivity index (χ2n) is 4.97. The molecule has 0 unspecified atom stereocenters. The monoisotopic (exact) mass is 315 g/mol. The minimum absolute atomic E-state index is 0.0788. The first-order valence-electron chi connectivity index (χ1n) is 7.34. The van der Waals surface area contributed by atoms with Crippen molar-refractivity contribution in [2.75, 3.05) is 13.1 Å². The van der Waals surface area contributed by atoms with E-state index in [9.17, 15) is 14.0 Å². The number of hydrogen-bond donors (Lipinski definition) is 2. The molecule has 0 aliphatic heterocycles. The van der Waals surface area contributed by atoms with Crippen molar-refractivity contribution in [3.63, 3.8) is 0 Å². The summed E-state index contributed by atoms with van der Waals surface area (Å²) in [4.78, 5) is 27.4. The molecule has 0 bridgehead atoms. The second kappa shape index (κ2) is 8.63. The molecule has 2 rings (SSSR count). The quantitative estimate of drug-likeness (QED) is 0.764. The number of pyridine rings is 1. The van der Waals surface area contributed by atoms with E-state index >= 15 is 0 Å². The molecule has 120 valence electrons. The molecule has 1 aromatic carbocycles. The van der Waals surface area contributed by atoms with Crippen LogP contribution in [0.25, 0.3) is 0 Å². The molecule has 0 radical (unpaired) electrons. The predicted molar refractivity (Wildman–Crippen MR) is 84.3 cm³/mol. The van der Waals surface area contributed by atoms with Crippen LogP contribution in [0.1, 0.15) is 22.3 Å². The van der Waals surface area contributed by atoms with Gasteiger partial charge in [-0.1, -0.05) is 6.07 Å². The zero-order chi connectivity index (χ0) is 16.5. The Labute approximate surface area is 133 Å². The highest BCUT2D eigenvalue weighted by atomic mass is 19.1. The van der Waals surface area contributed by atoms with Crippen LogP contribution in [0.15, 0.2) is 48.8 Å². The summed E-state index contributed by atoms with van der Waals surface area (Å²) in [5.41, 5.74) is 1.39. The maximum Gasteiger partial charge on any atom is 0.251 e. The minimum atomic E-state index is -0.387. The molecule has 2 N–H and O–H groups in total. The lowest BCUT2D eigenvalue weighted by molar-refractivity contribution is -0.121. The average Bonchev–Trinajstić information content (AvgIpc) is 2.58. The summed E-state index contributed by atoms with van der Waals surface area (Å²) < 4.78 is 12.8. The number of nitrogens with zero attached hydrogens (tertiary/aromatic N) is 1. The van der Waals surface area contributed by atoms with E-state index in [0.717, 1.165) is 5.56 Å². The third kappa shape index (κ3) is 5.86. The van der Waals surface area contributed by atoms with Crippen LogP contribution >= 0.6 is 0 Å². The Morgan fingerprint density at radius 3 is 2.48 bits per heavy atom. The third-order valence-corrected chi connectivity index (χ3v) is 3.20.